The molecule has 0 aliphatic rings. The van der Waals surface area contributed by atoms with Crippen LogP contribution in [0.1, 0.15) is 26.6 Å². The van der Waals surface area contributed by atoms with Crippen LogP contribution in [0.15, 0.2) is 66.7 Å². The molecule has 0 fully saturated rings. The van der Waals surface area contributed by atoms with Crippen molar-refractivity contribution >= 4 is 42.4 Å². The second-order valence-corrected chi connectivity index (χ2v) is 8.98. The Labute approximate surface area is 162 Å². The molecular weight excluding hydrogens is 348 g/mol. The summed E-state index contributed by atoms with van der Waals surface area (Å²) in [7, 11) is 0. The topological polar surface area (TPSA) is 25.8 Å². The van der Waals surface area contributed by atoms with E-state index in [9.17, 15) is 0 Å². The van der Waals surface area contributed by atoms with Crippen molar-refractivity contribution in [3.05, 3.63) is 72.6 Å². The summed E-state index contributed by atoms with van der Waals surface area (Å²) in [4.78, 5) is 11.1. The van der Waals surface area contributed by atoms with Crippen molar-refractivity contribution in [2.45, 2.75) is 26.2 Å². The van der Waals surface area contributed by atoms with Crippen molar-refractivity contribution in [3.63, 3.8) is 0 Å². The fraction of sp³-hybridized carbons (Fsp3) is 0.167. The summed E-state index contributed by atoms with van der Waals surface area (Å²) >= 11 is 1.76. The van der Waals surface area contributed by atoms with Gasteiger partial charge < -0.3 is 0 Å². The maximum absolute atomic E-state index is 5.11. The standard InChI is InChI=1S/C24H20N2S/c1-24(2,3)23-25-21(17-13-8-10-15-9-4-5-11-16(15)17)20-18-12-6-7-14-19(18)27-22(20)26-23/h4-14H,1-3H3. The van der Waals surface area contributed by atoms with Crippen molar-refractivity contribution < 1.29 is 0 Å². The van der Waals surface area contributed by atoms with Gasteiger partial charge in [0.15, 0.2) is 0 Å². The van der Waals surface area contributed by atoms with E-state index in [1.165, 1.54) is 31.8 Å². The van der Waals surface area contributed by atoms with E-state index in [0.29, 0.717) is 0 Å². The molecule has 2 aromatic heterocycles. The number of hydrogen-bond acceptors (Lipinski definition) is 3. The van der Waals surface area contributed by atoms with Crippen LogP contribution in [-0.2, 0) is 5.41 Å². The van der Waals surface area contributed by atoms with Crippen LogP contribution in [0.5, 0.6) is 0 Å². The van der Waals surface area contributed by atoms with Gasteiger partial charge in [0.2, 0.25) is 0 Å². The Balaban J connectivity index is 1.97. The quantitative estimate of drug-likeness (QED) is 0.319. The Hall–Kier alpha value is -2.78. The lowest BCUT2D eigenvalue weighted by Gasteiger charge is -2.18. The number of aromatic nitrogens is 2. The Morgan fingerprint density at radius 1 is 0.741 bits per heavy atom. The first-order valence-corrected chi connectivity index (χ1v) is 10.0. The van der Waals surface area contributed by atoms with Crippen LogP contribution in [0.4, 0.5) is 0 Å². The van der Waals surface area contributed by atoms with E-state index < -0.39 is 0 Å². The molecule has 5 rings (SSSR count). The summed E-state index contributed by atoms with van der Waals surface area (Å²) in [6.45, 7) is 6.52. The molecule has 3 heteroatoms. The van der Waals surface area contributed by atoms with E-state index in [4.69, 9.17) is 9.97 Å². The van der Waals surface area contributed by atoms with Gasteiger partial charge in [-0.1, -0.05) is 81.4 Å². The van der Waals surface area contributed by atoms with Crippen LogP contribution in [0, 0.1) is 0 Å². The highest BCUT2D eigenvalue weighted by molar-refractivity contribution is 7.25. The Bertz CT molecular complexity index is 1300. The van der Waals surface area contributed by atoms with Gasteiger partial charge in [-0.3, -0.25) is 0 Å². The van der Waals surface area contributed by atoms with Crippen molar-refractivity contribution in [3.8, 4) is 11.3 Å². The second kappa shape index (κ2) is 5.86. The van der Waals surface area contributed by atoms with Gasteiger partial charge in [-0.15, -0.1) is 11.3 Å². The fourth-order valence-electron chi connectivity index (χ4n) is 3.59. The molecule has 0 saturated heterocycles. The van der Waals surface area contributed by atoms with E-state index >= 15 is 0 Å². The summed E-state index contributed by atoms with van der Waals surface area (Å²) in [5.41, 5.74) is 2.11. The number of fused-ring (bicyclic) bond motifs is 4. The van der Waals surface area contributed by atoms with Crippen molar-refractivity contribution in [2.24, 2.45) is 0 Å². The lowest BCUT2D eigenvalue weighted by Crippen LogP contribution is -2.16. The lowest BCUT2D eigenvalue weighted by molar-refractivity contribution is 0.549. The minimum Gasteiger partial charge on any atom is -0.232 e. The maximum Gasteiger partial charge on any atom is 0.136 e. The molecule has 27 heavy (non-hydrogen) atoms. The summed E-state index contributed by atoms with van der Waals surface area (Å²) in [6, 6.07) is 23.5. The zero-order valence-corrected chi connectivity index (χ0v) is 16.5. The number of thiophene rings is 1. The van der Waals surface area contributed by atoms with Crippen LogP contribution in [0.25, 0.3) is 42.3 Å². The minimum atomic E-state index is -0.107. The maximum atomic E-state index is 5.11. The van der Waals surface area contributed by atoms with Gasteiger partial charge in [0.05, 0.1) is 5.69 Å². The molecule has 5 aromatic rings. The molecule has 132 valence electrons. The average Bonchev–Trinajstić information content (AvgIpc) is 3.05. The summed E-state index contributed by atoms with van der Waals surface area (Å²) in [5.74, 6) is 0.893. The molecule has 0 aliphatic heterocycles. The Morgan fingerprint density at radius 3 is 2.26 bits per heavy atom. The van der Waals surface area contributed by atoms with Gasteiger partial charge in [-0.2, -0.15) is 0 Å². The number of rotatable bonds is 1. The first-order chi connectivity index (χ1) is 13.0. The van der Waals surface area contributed by atoms with E-state index in [0.717, 1.165) is 16.3 Å². The highest BCUT2D eigenvalue weighted by atomic mass is 32.1. The predicted molar refractivity (Wildman–Crippen MR) is 117 cm³/mol. The van der Waals surface area contributed by atoms with Crippen LogP contribution >= 0.6 is 11.3 Å². The third kappa shape index (κ3) is 2.62. The molecule has 0 spiro atoms. The number of nitrogens with zero attached hydrogens (tertiary/aromatic N) is 2. The molecule has 0 amide bonds. The molecule has 0 N–H and O–H groups in total. The molecule has 0 unspecified atom stereocenters. The highest BCUT2D eigenvalue weighted by Crippen LogP contribution is 2.41. The molecule has 0 radical (unpaired) electrons. The summed E-state index contributed by atoms with van der Waals surface area (Å²) < 4.78 is 1.26. The van der Waals surface area contributed by atoms with Gasteiger partial charge >= 0.3 is 0 Å². The SMILES string of the molecule is CC(C)(C)c1nc(-c2cccc3ccccc23)c2c(n1)sc1ccccc12. The zero-order chi connectivity index (χ0) is 18.6. The zero-order valence-electron chi connectivity index (χ0n) is 15.7. The molecule has 0 aliphatic carbocycles. The third-order valence-electron chi connectivity index (χ3n) is 4.95. The molecule has 0 bridgehead atoms. The van der Waals surface area contributed by atoms with Gasteiger partial charge in [0, 0.05) is 26.5 Å². The van der Waals surface area contributed by atoms with Crippen molar-refractivity contribution in [1.29, 1.82) is 0 Å². The van der Waals surface area contributed by atoms with E-state index in [-0.39, 0.29) is 5.41 Å². The van der Waals surface area contributed by atoms with Crippen LogP contribution in [-0.4, -0.2) is 9.97 Å². The number of benzene rings is 3. The average molecular weight is 369 g/mol. The first-order valence-electron chi connectivity index (χ1n) is 9.20. The van der Waals surface area contributed by atoms with Crippen molar-refractivity contribution in [2.75, 3.05) is 0 Å². The first kappa shape index (κ1) is 16.4. The molecular formula is C24H20N2S. The lowest BCUT2D eigenvalue weighted by atomic mass is 9.94. The van der Waals surface area contributed by atoms with Gasteiger partial charge in [-0.25, -0.2) is 9.97 Å². The predicted octanol–water partition coefficient (Wildman–Crippen LogP) is 6.96. The molecule has 0 saturated carbocycles. The molecule has 2 heterocycles. The van der Waals surface area contributed by atoms with Crippen LogP contribution < -0.4 is 0 Å². The molecule has 2 nitrogen and oxygen atoms in total. The van der Waals surface area contributed by atoms with Gasteiger partial charge in [-0.05, 0) is 16.8 Å². The molecule has 3 aromatic carbocycles. The Morgan fingerprint density at radius 2 is 1.44 bits per heavy atom. The van der Waals surface area contributed by atoms with E-state index in [1.807, 2.05) is 0 Å². The van der Waals surface area contributed by atoms with Crippen LogP contribution in [0.2, 0.25) is 0 Å². The largest absolute Gasteiger partial charge is 0.232 e. The fourth-order valence-corrected chi connectivity index (χ4v) is 4.66. The minimum absolute atomic E-state index is 0.107. The van der Waals surface area contributed by atoms with Gasteiger partial charge in [0.25, 0.3) is 0 Å². The highest BCUT2D eigenvalue weighted by Gasteiger charge is 2.23. The van der Waals surface area contributed by atoms with Crippen LogP contribution in [0.3, 0.4) is 0 Å². The number of hydrogen-bond donors (Lipinski definition) is 0. The van der Waals surface area contributed by atoms with Crippen molar-refractivity contribution in [1.82, 2.24) is 9.97 Å². The van der Waals surface area contributed by atoms with E-state index in [1.54, 1.807) is 11.3 Å². The third-order valence-corrected chi connectivity index (χ3v) is 6.02. The summed E-state index contributed by atoms with van der Waals surface area (Å²) in [5, 5.41) is 4.87. The summed E-state index contributed by atoms with van der Waals surface area (Å²) in [6.07, 6.45) is 0. The van der Waals surface area contributed by atoms with Gasteiger partial charge in [0.1, 0.15) is 10.7 Å². The molecule has 0 atom stereocenters. The smallest absolute Gasteiger partial charge is 0.136 e. The van der Waals surface area contributed by atoms with E-state index in [2.05, 4.69) is 87.5 Å². The second-order valence-electron chi connectivity index (χ2n) is 7.95. The normalized spacial score (nSPS) is 12.3. The monoisotopic (exact) mass is 368 g/mol. The Kier molecular flexibility index (Phi) is 3.56.